The molecular formula is C26H19N3O5S. The highest BCUT2D eigenvalue weighted by Gasteiger charge is 2.47. The molecule has 0 spiro atoms. The zero-order valence-electron chi connectivity index (χ0n) is 18.2. The number of sulfonamides is 1. The van der Waals surface area contributed by atoms with Crippen LogP contribution in [-0.2, 0) is 19.6 Å². The number of anilines is 1. The lowest BCUT2D eigenvalue weighted by molar-refractivity contribution is -0.132. The number of nitrogens with two attached hydrogens (primary N) is 1. The van der Waals surface area contributed by atoms with Crippen LogP contribution in [0.15, 0.2) is 102 Å². The molecule has 1 aromatic heterocycles. The van der Waals surface area contributed by atoms with Gasteiger partial charge in [0.2, 0.25) is 10.0 Å². The molecule has 0 radical (unpaired) electrons. The minimum atomic E-state index is -3.95. The summed E-state index contributed by atoms with van der Waals surface area (Å²) >= 11 is 0. The van der Waals surface area contributed by atoms with E-state index in [1.54, 1.807) is 30.3 Å². The Hall–Kier alpha value is -4.34. The van der Waals surface area contributed by atoms with Crippen LogP contribution in [0, 0.1) is 0 Å². The normalized spacial score (nSPS) is 17.7. The largest absolute Gasteiger partial charge is 0.507 e. The van der Waals surface area contributed by atoms with E-state index in [4.69, 9.17) is 5.14 Å². The number of Topliss-reactive ketones (excluding diaryl/α,β-unsaturated/α-hetero) is 1. The smallest absolute Gasteiger partial charge is 0.300 e. The van der Waals surface area contributed by atoms with Crippen LogP contribution in [-0.4, -0.2) is 30.2 Å². The zero-order chi connectivity index (χ0) is 24.7. The molecule has 5 rings (SSSR count). The van der Waals surface area contributed by atoms with E-state index in [2.05, 4.69) is 4.98 Å². The topological polar surface area (TPSA) is 131 Å². The van der Waals surface area contributed by atoms with Gasteiger partial charge in [0.05, 0.1) is 16.2 Å². The Morgan fingerprint density at radius 2 is 1.57 bits per heavy atom. The maximum Gasteiger partial charge on any atom is 0.300 e. The second-order valence-electron chi connectivity index (χ2n) is 7.99. The molecule has 0 saturated carbocycles. The first-order valence-corrected chi connectivity index (χ1v) is 12.1. The number of ketones is 1. The number of primary sulfonamides is 1. The number of aliphatic hydroxyl groups excluding tert-OH is 1. The number of nitrogens with zero attached hydrogens (tertiary/aromatic N) is 2. The Labute approximate surface area is 201 Å². The van der Waals surface area contributed by atoms with E-state index < -0.39 is 27.8 Å². The van der Waals surface area contributed by atoms with Crippen LogP contribution in [0.2, 0.25) is 0 Å². The Bertz CT molecular complexity index is 1610. The van der Waals surface area contributed by atoms with E-state index in [1.165, 1.54) is 35.4 Å². The molecule has 2 heterocycles. The Balaban J connectivity index is 1.73. The molecule has 174 valence electrons. The zero-order valence-corrected chi connectivity index (χ0v) is 19.0. The van der Waals surface area contributed by atoms with Crippen LogP contribution >= 0.6 is 0 Å². The van der Waals surface area contributed by atoms with Gasteiger partial charge in [0.15, 0.2) is 0 Å². The number of aliphatic hydroxyl groups is 1. The quantitative estimate of drug-likeness (QED) is 0.258. The van der Waals surface area contributed by atoms with Gasteiger partial charge in [-0.25, -0.2) is 13.6 Å². The van der Waals surface area contributed by atoms with Gasteiger partial charge < -0.3 is 5.11 Å². The van der Waals surface area contributed by atoms with Crippen LogP contribution in [0.25, 0.3) is 16.5 Å². The van der Waals surface area contributed by atoms with Gasteiger partial charge in [-0.05, 0) is 47.2 Å². The van der Waals surface area contributed by atoms with Crippen LogP contribution < -0.4 is 10.0 Å². The van der Waals surface area contributed by atoms with Crippen molar-refractivity contribution in [1.29, 1.82) is 0 Å². The molecule has 1 unspecified atom stereocenters. The summed E-state index contributed by atoms with van der Waals surface area (Å²) in [5.41, 5.74) is 0.920. The number of amides is 1. The lowest BCUT2D eigenvalue weighted by atomic mass is 9.95. The first-order chi connectivity index (χ1) is 16.8. The third kappa shape index (κ3) is 3.86. The standard InChI is InChI=1S/C26H19N3O5S/c27-35(33,34)18-13-11-17(12-14-18)29-23(21-10-3-4-15-28-21)22(25(31)26(29)32)24(30)20-9-5-7-16-6-1-2-8-19(16)20/h1-15,23,30H,(H2,27,33,34)/b24-22-. The number of hydrogen-bond acceptors (Lipinski definition) is 6. The van der Waals surface area contributed by atoms with Crippen LogP contribution in [0.4, 0.5) is 5.69 Å². The lowest BCUT2D eigenvalue weighted by Crippen LogP contribution is -2.29. The van der Waals surface area contributed by atoms with Gasteiger partial charge in [0, 0.05) is 17.4 Å². The molecular weight excluding hydrogens is 466 g/mol. The van der Waals surface area contributed by atoms with E-state index >= 15 is 0 Å². The second-order valence-corrected chi connectivity index (χ2v) is 9.55. The van der Waals surface area contributed by atoms with Gasteiger partial charge in [-0.3, -0.25) is 19.5 Å². The number of rotatable bonds is 4. The van der Waals surface area contributed by atoms with Crippen LogP contribution in [0.1, 0.15) is 17.3 Å². The molecule has 35 heavy (non-hydrogen) atoms. The summed E-state index contributed by atoms with van der Waals surface area (Å²) in [7, 11) is -3.95. The van der Waals surface area contributed by atoms with Gasteiger partial charge in [-0.2, -0.15) is 0 Å². The Morgan fingerprint density at radius 3 is 2.26 bits per heavy atom. The molecule has 9 heteroatoms. The number of hydrogen-bond donors (Lipinski definition) is 2. The molecule has 3 aromatic carbocycles. The molecule has 1 amide bonds. The number of carbonyl (C=O) groups is 2. The van der Waals surface area contributed by atoms with Gasteiger partial charge in [-0.1, -0.05) is 48.5 Å². The predicted molar refractivity (Wildman–Crippen MR) is 131 cm³/mol. The summed E-state index contributed by atoms with van der Waals surface area (Å²) in [4.78, 5) is 31.9. The van der Waals surface area contributed by atoms with Gasteiger partial charge in [0.1, 0.15) is 11.8 Å². The molecule has 0 bridgehead atoms. The number of pyridine rings is 1. The SMILES string of the molecule is NS(=O)(=O)c1ccc(N2C(=O)C(=O)/C(=C(\O)c3cccc4ccccc34)C2c2ccccn2)cc1. The fourth-order valence-corrected chi connectivity index (χ4v) is 4.81. The van der Waals surface area contributed by atoms with Crippen molar-refractivity contribution in [1.82, 2.24) is 4.98 Å². The maximum atomic E-state index is 13.3. The average molecular weight is 486 g/mol. The number of aromatic nitrogens is 1. The van der Waals surface area contributed by atoms with E-state index in [0.29, 0.717) is 11.3 Å². The minimum absolute atomic E-state index is 0.111. The fraction of sp³-hybridized carbons (Fsp3) is 0.0385. The molecule has 1 atom stereocenters. The molecule has 3 N–H and O–H groups in total. The summed E-state index contributed by atoms with van der Waals surface area (Å²) in [6.45, 7) is 0. The molecule has 8 nitrogen and oxygen atoms in total. The number of benzene rings is 3. The van der Waals surface area contributed by atoms with Crippen molar-refractivity contribution in [3.8, 4) is 0 Å². The molecule has 4 aromatic rings. The average Bonchev–Trinajstić information content (AvgIpc) is 3.13. The monoisotopic (exact) mass is 485 g/mol. The summed E-state index contributed by atoms with van der Waals surface area (Å²) < 4.78 is 23.3. The maximum absolute atomic E-state index is 13.3. The van der Waals surface area contributed by atoms with Crippen LogP contribution in [0.5, 0.6) is 0 Å². The first-order valence-electron chi connectivity index (χ1n) is 10.6. The highest BCUT2D eigenvalue weighted by atomic mass is 32.2. The molecule has 1 aliphatic rings. The van der Waals surface area contributed by atoms with Crippen molar-refractivity contribution in [2.75, 3.05) is 4.90 Å². The van der Waals surface area contributed by atoms with Gasteiger partial charge >= 0.3 is 0 Å². The Kier molecular flexibility index (Phi) is 5.43. The second kappa shape index (κ2) is 8.46. The van der Waals surface area contributed by atoms with Crippen molar-refractivity contribution < 1.29 is 23.1 Å². The number of carbonyl (C=O) groups excluding carboxylic acids is 2. The highest BCUT2D eigenvalue weighted by Crippen LogP contribution is 2.42. The lowest BCUT2D eigenvalue weighted by Gasteiger charge is -2.24. The van der Waals surface area contributed by atoms with Crippen molar-refractivity contribution >= 4 is 43.9 Å². The summed E-state index contributed by atoms with van der Waals surface area (Å²) in [5, 5.41) is 18.2. The Morgan fingerprint density at radius 1 is 0.886 bits per heavy atom. The summed E-state index contributed by atoms with van der Waals surface area (Å²) in [6, 6.07) is 22.0. The summed E-state index contributed by atoms with van der Waals surface area (Å²) in [5.74, 6) is -2.06. The molecule has 1 aliphatic heterocycles. The van der Waals surface area contributed by atoms with Crippen molar-refractivity contribution in [3.05, 3.63) is 108 Å². The van der Waals surface area contributed by atoms with Crippen molar-refractivity contribution in [3.63, 3.8) is 0 Å². The van der Waals surface area contributed by atoms with E-state index in [9.17, 15) is 23.1 Å². The minimum Gasteiger partial charge on any atom is -0.507 e. The first kappa shape index (κ1) is 22.5. The summed E-state index contributed by atoms with van der Waals surface area (Å²) in [6.07, 6.45) is 1.53. The van der Waals surface area contributed by atoms with Crippen LogP contribution in [0.3, 0.4) is 0 Å². The third-order valence-corrected chi connectivity index (χ3v) is 6.83. The van der Waals surface area contributed by atoms with Crippen molar-refractivity contribution in [2.24, 2.45) is 5.14 Å². The van der Waals surface area contributed by atoms with Crippen molar-refractivity contribution in [2.45, 2.75) is 10.9 Å². The highest BCUT2D eigenvalue weighted by molar-refractivity contribution is 7.89. The van der Waals surface area contributed by atoms with Gasteiger partial charge in [-0.15, -0.1) is 0 Å². The number of fused-ring (bicyclic) bond motifs is 1. The molecule has 1 fully saturated rings. The molecule has 0 aliphatic carbocycles. The predicted octanol–water partition coefficient (Wildman–Crippen LogP) is 3.51. The van der Waals surface area contributed by atoms with E-state index in [0.717, 1.165) is 10.8 Å². The van der Waals surface area contributed by atoms with Gasteiger partial charge in [0.25, 0.3) is 11.7 Å². The van der Waals surface area contributed by atoms with E-state index in [-0.39, 0.29) is 21.9 Å². The van der Waals surface area contributed by atoms with E-state index in [1.807, 2.05) is 30.3 Å². The third-order valence-electron chi connectivity index (χ3n) is 5.90. The fourth-order valence-electron chi connectivity index (χ4n) is 4.29. The molecule has 1 saturated heterocycles.